The van der Waals surface area contributed by atoms with Gasteiger partial charge in [-0.25, -0.2) is 9.97 Å². The predicted molar refractivity (Wildman–Crippen MR) is 91.6 cm³/mol. The fourth-order valence-electron chi connectivity index (χ4n) is 2.43. The number of H-pyrrole nitrogens is 1. The highest BCUT2D eigenvalue weighted by Gasteiger charge is 2.12. The number of rotatable bonds is 3. The number of likely N-dealkylation sites (N-methyl/N-ethyl adjacent to an activating group) is 1. The van der Waals surface area contributed by atoms with Gasteiger partial charge in [-0.2, -0.15) is 5.26 Å². The van der Waals surface area contributed by atoms with Crippen LogP contribution in [0.2, 0.25) is 0 Å². The second-order valence-electron chi connectivity index (χ2n) is 5.46. The molecule has 0 radical (unpaired) electrons. The smallest absolute Gasteiger partial charge is 0.264 e. The van der Waals surface area contributed by atoms with E-state index < -0.39 is 0 Å². The first-order valence-corrected chi connectivity index (χ1v) is 7.32. The van der Waals surface area contributed by atoms with Gasteiger partial charge in [-0.15, -0.1) is 0 Å². The second kappa shape index (κ2) is 6.34. The number of nitrogens with one attached hydrogen (secondary N) is 1. The van der Waals surface area contributed by atoms with E-state index in [1.165, 1.54) is 11.2 Å². The lowest BCUT2D eigenvalue weighted by Gasteiger charge is -2.09. The van der Waals surface area contributed by atoms with Crippen molar-refractivity contribution in [3.05, 3.63) is 54.0 Å². The summed E-state index contributed by atoms with van der Waals surface area (Å²) >= 11 is 0. The van der Waals surface area contributed by atoms with Crippen molar-refractivity contribution in [2.45, 2.75) is 0 Å². The zero-order chi connectivity index (χ0) is 17.1. The Hall–Kier alpha value is -3.46. The molecule has 0 spiro atoms. The number of aromatic nitrogens is 3. The number of carbonyl (C=O) groups excluding carboxylic acids is 1. The minimum Gasteiger partial charge on any atom is -0.346 e. The van der Waals surface area contributed by atoms with E-state index in [1.54, 1.807) is 20.2 Å². The maximum atomic E-state index is 12.0. The van der Waals surface area contributed by atoms with Crippen LogP contribution < -0.4 is 0 Å². The first kappa shape index (κ1) is 15.4. The van der Waals surface area contributed by atoms with Crippen LogP contribution in [0.25, 0.3) is 28.4 Å². The Balaban J connectivity index is 2.06. The fraction of sp³-hybridized carbons (Fsp3) is 0.111. The van der Waals surface area contributed by atoms with E-state index in [-0.39, 0.29) is 11.5 Å². The topological polar surface area (TPSA) is 85.7 Å². The number of aromatic amines is 1. The molecule has 0 bridgehead atoms. The third kappa shape index (κ3) is 2.88. The molecule has 2 heterocycles. The molecule has 2 aromatic heterocycles. The molecule has 3 aromatic rings. The molecule has 0 aliphatic rings. The number of nitriles is 1. The van der Waals surface area contributed by atoms with Gasteiger partial charge in [0.25, 0.3) is 5.91 Å². The third-order valence-corrected chi connectivity index (χ3v) is 3.58. The lowest BCUT2D eigenvalue weighted by molar-refractivity contribution is -0.124. The quantitative estimate of drug-likeness (QED) is 0.594. The molecule has 3 rings (SSSR count). The molecule has 1 N–H and O–H groups in total. The Kier molecular flexibility index (Phi) is 4.08. The summed E-state index contributed by atoms with van der Waals surface area (Å²) in [5, 5.41) is 10.1. The van der Waals surface area contributed by atoms with Crippen LogP contribution in [-0.4, -0.2) is 39.9 Å². The zero-order valence-electron chi connectivity index (χ0n) is 13.3. The summed E-state index contributed by atoms with van der Waals surface area (Å²) in [7, 11) is 3.24. The lowest BCUT2D eigenvalue weighted by Crippen LogP contribution is -2.22. The van der Waals surface area contributed by atoms with Crippen molar-refractivity contribution >= 4 is 23.0 Å². The van der Waals surface area contributed by atoms with Gasteiger partial charge < -0.3 is 9.88 Å². The Labute approximate surface area is 139 Å². The summed E-state index contributed by atoms with van der Waals surface area (Å²) in [6, 6.07) is 11.4. The van der Waals surface area contributed by atoms with E-state index in [0.717, 1.165) is 27.9 Å². The molecular weight excluding hydrogens is 302 g/mol. The molecule has 0 aliphatic carbocycles. The summed E-state index contributed by atoms with van der Waals surface area (Å²) in [5.41, 5.74) is 3.31. The van der Waals surface area contributed by atoms with Crippen LogP contribution in [0.3, 0.4) is 0 Å². The van der Waals surface area contributed by atoms with Gasteiger partial charge >= 0.3 is 0 Å². The van der Waals surface area contributed by atoms with E-state index in [1.807, 2.05) is 42.6 Å². The van der Waals surface area contributed by atoms with Crippen molar-refractivity contribution in [2.75, 3.05) is 14.1 Å². The summed E-state index contributed by atoms with van der Waals surface area (Å²) < 4.78 is 0. The van der Waals surface area contributed by atoms with Gasteiger partial charge in [-0.05, 0) is 23.8 Å². The van der Waals surface area contributed by atoms with Crippen LogP contribution in [-0.2, 0) is 4.79 Å². The summed E-state index contributed by atoms with van der Waals surface area (Å²) in [4.78, 5) is 25.0. The highest BCUT2D eigenvalue weighted by Crippen LogP contribution is 2.26. The third-order valence-electron chi connectivity index (χ3n) is 3.58. The summed E-state index contributed by atoms with van der Waals surface area (Å²) in [5.74, 6) is -0.321. The van der Waals surface area contributed by atoms with Gasteiger partial charge in [-0.1, -0.05) is 18.2 Å². The molecule has 0 aliphatic heterocycles. The van der Waals surface area contributed by atoms with E-state index in [9.17, 15) is 10.1 Å². The van der Waals surface area contributed by atoms with Gasteiger partial charge in [0.05, 0.1) is 5.69 Å². The molecule has 6 heteroatoms. The second-order valence-corrected chi connectivity index (χ2v) is 5.46. The minimum atomic E-state index is -0.321. The highest BCUT2D eigenvalue weighted by molar-refractivity contribution is 6.01. The minimum absolute atomic E-state index is 0.0895. The largest absolute Gasteiger partial charge is 0.346 e. The number of benzene rings is 1. The van der Waals surface area contributed by atoms with Gasteiger partial charge in [0, 0.05) is 31.2 Å². The van der Waals surface area contributed by atoms with E-state index >= 15 is 0 Å². The van der Waals surface area contributed by atoms with Gasteiger partial charge in [-0.3, -0.25) is 4.79 Å². The molecule has 1 aromatic carbocycles. The average molecular weight is 317 g/mol. The average Bonchev–Trinajstić information content (AvgIpc) is 3.08. The molecule has 0 atom stereocenters. The van der Waals surface area contributed by atoms with Crippen molar-refractivity contribution in [2.24, 2.45) is 0 Å². The molecule has 6 nitrogen and oxygen atoms in total. The van der Waals surface area contributed by atoms with Crippen molar-refractivity contribution in [3.8, 4) is 17.3 Å². The number of carbonyl (C=O) groups is 1. The lowest BCUT2D eigenvalue weighted by atomic mass is 10.0. The fourth-order valence-corrected chi connectivity index (χ4v) is 2.43. The molecule has 0 saturated heterocycles. The summed E-state index contributed by atoms with van der Waals surface area (Å²) in [6.45, 7) is 0. The van der Waals surface area contributed by atoms with Crippen LogP contribution in [0, 0.1) is 11.3 Å². The molecular formula is C18H15N5O. The van der Waals surface area contributed by atoms with E-state index in [2.05, 4.69) is 15.0 Å². The van der Waals surface area contributed by atoms with Crippen LogP contribution in [0.4, 0.5) is 0 Å². The van der Waals surface area contributed by atoms with E-state index in [0.29, 0.717) is 0 Å². The molecule has 1 amide bonds. The Morgan fingerprint density at radius 1 is 1.29 bits per heavy atom. The maximum absolute atomic E-state index is 12.0. The molecule has 0 unspecified atom stereocenters. The van der Waals surface area contributed by atoms with Gasteiger partial charge in [0.1, 0.15) is 23.6 Å². The Morgan fingerprint density at radius 2 is 2.12 bits per heavy atom. The number of amides is 1. The van der Waals surface area contributed by atoms with Crippen LogP contribution in [0.15, 0.2) is 48.4 Å². The van der Waals surface area contributed by atoms with Gasteiger partial charge in [0.15, 0.2) is 0 Å². The Bertz CT molecular complexity index is 978. The SMILES string of the molecule is CN(C)C(=O)/C(C#N)=C/c1cccc(-c2ncnc3[nH]ccc23)c1. The summed E-state index contributed by atoms with van der Waals surface area (Å²) in [6.07, 6.45) is 4.91. The first-order valence-electron chi connectivity index (χ1n) is 7.32. The molecule has 0 saturated carbocycles. The van der Waals surface area contributed by atoms with Crippen molar-refractivity contribution < 1.29 is 4.79 Å². The molecule has 118 valence electrons. The molecule has 0 fully saturated rings. The number of hydrogen-bond acceptors (Lipinski definition) is 4. The van der Waals surface area contributed by atoms with Gasteiger partial charge in [0.2, 0.25) is 0 Å². The van der Waals surface area contributed by atoms with Crippen LogP contribution in [0.5, 0.6) is 0 Å². The first-order chi connectivity index (χ1) is 11.6. The standard InChI is InChI=1S/C18H15N5O/c1-23(2)18(24)14(10-19)9-12-4-3-5-13(8-12)16-15-6-7-20-17(15)22-11-21-16/h3-9,11H,1-2H3,(H,20,21,22)/b14-9+. The predicted octanol–water partition coefficient (Wildman–Crippen LogP) is 2.62. The normalized spacial score (nSPS) is 11.3. The Morgan fingerprint density at radius 3 is 2.88 bits per heavy atom. The number of hydrogen-bond donors (Lipinski definition) is 1. The maximum Gasteiger partial charge on any atom is 0.264 e. The monoisotopic (exact) mass is 317 g/mol. The van der Waals surface area contributed by atoms with E-state index in [4.69, 9.17) is 0 Å². The number of nitrogens with zero attached hydrogens (tertiary/aromatic N) is 4. The van der Waals surface area contributed by atoms with Crippen LogP contribution in [0.1, 0.15) is 5.56 Å². The van der Waals surface area contributed by atoms with Crippen molar-refractivity contribution in [1.82, 2.24) is 19.9 Å². The highest BCUT2D eigenvalue weighted by atomic mass is 16.2. The number of fused-ring (bicyclic) bond motifs is 1. The van der Waals surface area contributed by atoms with Crippen molar-refractivity contribution in [1.29, 1.82) is 5.26 Å². The van der Waals surface area contributed by atoms with Crippen molar-refractivity contribution in [3.63, 3.8) is 0 Å². The van der Waals surface area contributed by atoms with Crippen LogP contribution >= 0.6 is 0 Å². The zero-order valence-corrected chi connectivity index (χ0v) is 13.3. The molecule has 24 heavy (non-hydrogen) atoms.